The molecule has 1 fully saturated rings. The van der Waals surface area contributed by atoms with Crippen LogP contribution in [0, 0.1) is 5.92 Å². The number of carbonyl (C=O) groups excluding carboxylic acids is 1. The third-order valence-corrected chi connectivity index (χ3v) is 7.54. The van der Waals surface area contributed by atoms with Gasteiger partial charge in [-0.25, -0.2) is 17.7 Å². The number of amides is 1. The lowest BCUT2D eigenvalue weighted by Gasteiger charge is -2.29. The number of nitrogens with zero attached hydrogens (tertiary/aromatic N) is 2. The predicted octanol–water partition coefficient (Wildman–Crippen LogP) is 2.87. The summed E-state index contributed by atoms with van der Waals surface area (Å²) < 4.78 is 31.2. The Labute approximate surface area is 163 Å². The van der Waals surface area contributed by atoms with Crippen molar-refractivity contribution in [1.29, 1.82) is 0 Å². The molecule has 0 unspecified atom stereocenters. The van der Waals surface area contributed by atoms with Crippen molar-refractivity contribution in [2.45, 2.75) is 48.8 Å². The highest BCUT2D eigenvalue weighted by Gasteiger charge is 2.23. The van der Waals surface area contributed by atoms with Crippen molar-refractivity contribution >= 4 is 38.8 Å². The lowest BCUT2D eigenvalue weighted by Crippen LogP contribution is -2.41. The van der Waals surface area contributed by atoms with Crippen molar-refractivity contribution in [2.75, 3.05) is 19.8 Å². The topological polar surface area (TPSA) is 92.5 Å². The Morgan fingerprint density at radius 3 is 2.78 bits per heavy atom. The first kappa shape index (κ1) is 20.2. The van der Waals surface area contributed by atoms with Gasteiger partial charge < -0.3 is 9.73 Å². The monoisotopic (exact) mass is 411 g/mol. The van der Waals surface area contributed by atoms with Gasteiger partial charge in [-0.15, -0.1) is 0 Å². The summed E-state index contributed by atoms with van der Waals surface area (Å²) in [5.41, 5.74) is 0.957. The van der Waals surface area contributed by atoms with E-state index >= 15 is 0 Å². The van der Waals surface area contributed by atoms with E-state index in [4.69, 9.17) is 4.42 Å². The standard InChI is InChI=1S/C18H25N3O4S2/c1-12-6-4-5-7-14(12)19-17(22)11-26-18-20-15-10-13(8-9-16(15)25-18)27(23,24)21(2)3/h8-10,12,14H,4-7,11H2,1-3H3,(H,19,22)/t12-,14-/m0/s1. The maximum Gasteiger partial charge on any atom is 0.257 e. The molecule has 1 amide bonds. The molecule has 1 aromatic heterocycles. The number of thioether (sulfide) groups is 1. The van der Waals surface area contributed by atoms with E-state index in [1.54, 1.807) is 6.07 Å². The average molecular weight is 412 g/mol. The Balaban J connectivity index is 1.64. The Morgan fingerprint density at radius 1 is 1.33 bits per heavy atom. The third-order valence-electron chi connectivity index (χ3n) is 4.90. The molecule has 0 radical (unpaired) electrons. The molecule has 2 atom stereocenters. The molecule has 148 valence electrons. The first-order valence-electron chi connectivity index (χ1n) is 9.02. The van der Waals surface area contributed by atoms with Crippen LogP contribution in [0.25, 0.3) is 11.1 Å². The highest BCUT2D eigenvalue weighted by Crippen LogP contribution is 2.27. The largest absolute Gasteiger partial charge is 0.431 e. The Morgan fingerprint density at radius 2 is 2.07 bits per heavy atom. The van der Waals surface area contributed by atoms with E-state index in [1.807, 2.05) is 0 Å². The second kappa shape index (κ2) is 8.20. The molecule has 9 heteroatoms. The van der Waals surface area contributed by atoms with E-state index in [-0.39, 0.29) is 22.6 Å². The number of nitrogens with one attached hydrogen (secondary N) is 1. The summed E-state index contributed by atoms with van der Waals surface area (Å²) in [5.74, 6) is 0.699. The zero-order chi connectivity index (χ0) is 19.6. The smallest absolute Gasteiger partial charge is 0.257 e. The van der Waals surface area contributed by atoms with Crippen LogP contribution in [0.3, 0.4) is 0 Å². The van der Waals surface area contributed by atoms with E-state index in [2.05, 4.69) is 17.2 Å². The first-order chi connectivity index (χ1) is 12.8. The van der Waals surface area contributed by atoms with Gasteiger partial charge in [0.15, 0.2) is 5.58 Å². The molecule has 1 aliphatic carbocycles. The molecule has 7 nitrogen and oxygen atoms in total. The number of hydrogen-bond acceptors (Lipinski definition) is 6. The summed E-state index contributed by atoms with van der Waals surface area (Å²) in [6.45, 7) is 2.18. The Kier molecular flexibility index (Phi) is 6.12. The van der Waals surface area contributed by atoms with Gasteiger partial charge in [0, 0.05) is 20.1 Å². The van der Waals surface area contributed by atoms with E-state index < -0.39 is 10.0 Å². The molecule has 0 spiro atoms. The van der Waals surface area contributed by atoms with Crippen LogP contribution >= 0.6 is 11.8 Å². The van der Waals surface area contributed by atoms with Crippen molar-refractivity contribution in [1.82, 2.24) is 14.6 Å². The number of aromatic nitrogens is 1. The molecule has 1 heterocycles. The van der Waals surface area contributed by atoms with Crippen LogP contribution in [0.15, 0.2) is 32.7 Å². The van der Waals surface area contributed by atoms with Crippen LogP contribution in [0.2, 0.25) is 0 Å². The molecular formula is C18H25N3O4S2. The maximum absolute atomic E-state index is 12.2. The molecule has 27 heavy (non-hydrogen) atoms. The number of rotatable bonds is 6. The molecule has 2 aromatic rings. The predicted molar refractivity (Wildman–Crippen MR) is 105 cm³/mol. The molecular weight excluding hydrogens is 386 g/mol. The number of fused-ring (bicyclic) bond motifs is 1. The normalized spacial score (nSPS) is 20.9. The number of carbonyl (C=O) groups is 1. The molecule has 0 bridgehead atoms. The number of hydrogen-bond donors (Lipinski definition) is 1. The quantitative estimate of drug-likeness (QED) is 0.735. The van der Waals surface area contributed by atoms with Gasteiger partial charge >= 0.3 is 0 Å². The van der Waals surface area contributed by atoms with Crippen molar-refractivity contribution in [3.8, 4) is 0 Å². The van der Waals surface area contributed by atoms with E-state index in [1.165, 1.54) is 44.4 Å². The van der Waals surface area contributed by atoms with Gasteiger partial charge in [-0.05, 0) is 37.0 Å². The maximum atomic E-state index is 12.2. The molecule has 1 saturated carbocycles. The summed E-state index contributed by atoms with van der Waals surface area (Å²) in [4.78, 5) is 16.7. The summed E-state index contributed by atoms with van der Waals surface area (Å²) in [6.07, 6.45) is 4.58. The molecule has 1 aromatic carbocycles. The summed E-state index contributed by atoms with van der Waals surface area (Å²) in [5, 5.41) is 3.46. The van der Waals surface area contributed by atoms with Gasteiger partial charge in [0.25, 0.3) is 5.22 Å². The fourth-order valence-electron chi connectivity index (χ4n) is 3.23. The van der Waals surface area contributed by atoms with Gasteiger partial charge in [0.2, 0.25) is 15.9 Å². The molecule has 0 aliphatic heterocycles. The van der Waals surface area contributed by atoms with Crippen LogP contribution in [-0.4, -0.2) is 49.5 Å². The second-order valence-corrected chi connectivity index (χ2v) is 10.2. The highest BCUT2D eigenvalue weighted by atomic mass is 32.2. The molecule has 0 saturated heterocycles. The van der Waals surface area contributed by atoms with Crippen molar-refractivity contribution in [3.05, 3.63) is 18.2 Å². The zero-order valence-electron chi connectivity index (χ0n) is 15.8. The Hall–Kier alpha value is -1.58. The van der Waals surface area contributed by atoms with Crippen LogP contribution < -0.4 is 5.32 Å². The van der Waals surface area contributed by atoms with Crippen molar-refractivity contribution < 1.29 is 17.6 Å². The fourth-order valence-corrected chi connectivity index (χ4v) is 4.80. The van der Waals surface area contributed by atoms with Crippen LogP contribution in [0.1, 0.15) is 32.6 Å². The Bertz CT molecular complexity index is 924. The minimum atomic E-state index is -3.53. The van der Waals surface area contributed by atoms with Crippen LogP contribution in [0.4, 0.5) is 0 Å². The van der Waals surface area contributed by atoms with Crippen LogP contribution in [0.5, 0.6) is 0 Å². The van der Waals surface area contributed by atoms with Crippen molar-refractivity contribution in [3.63, 3.8) is 0 Å². The van der Waals surface area contributed by atoms with Gasteiger partial charge in [-0.3, -0.25) is 4.79 Å². The second-order valence-electron chi connectivity index (χ2n) is 7.12. The summed E-state index contributed by atoms with van der Waals surface area (Å²) in [7, 11) is -0.563. The van der Waals surface area contributed by atoms with E-state index in [0.717, 1.165) is 23.6 Å². The average Bonchev–Trinajstić information content (AvgIpc) is 3.04. The number of benzene rings is 1. The number of sulfonamides is 1. The lowest BCUT2D eigenvalue weighted by atomic mass is 9.86. The highest BCUT2D eigenvalue weighted by molar-refractivity contribution is 7.99. The molecule has 1 aliphatic rings. The van der Waals surface area contributed by atoms with E-state index in [0.29, 0.717) is 22.2 Å². The third kappa shape index (κ3) is 4.64. The molecule has 3 rings (SSSR count). The van der Waals surface area contributed by atoms with Gasteiger partial charge in [-0.1, -0.05) is 31.5 Å². The SMILES string of the molecule is C[C@H]1CCCC[C@@H]1NC(=O)CSc1nc2cc(S(=O)(=O)N(C)C)ccc2o1. The van der Waals surface area contributed by atoms with Crippen molar-refractivity contribution in [2.24, 2.45) is 5.92 Å². The zero-order valence-corrected chi connectivity index (χ0v) is 17.4. The first-order valence-corrected chi connectivity index (χ1v) is 11.4. The van der Waals surface area contributed by atoms with Gasteiger partial charge in [-0.2, -0.15) is 0 Å². The van der Waals surface area contributed by atoms with E-state index in [9.17, 15) is 13.2 Å². The summed E-state index contributed by atoms with van der Waals surface area (Å²) >= 11 is 1.21. The minimum absolute atomic E-state index is 0.0307. The lowest BCUT2D eigenvalue weighted by molar-refractivity contribution is -0.119. The molecule has 1 N–H and O–H groups in total. The fraction of sp³-hybridized carbons (Fsp3) is 0.556. The minimum Gasteiger partial charge on any atom is -0.431 e. The number of oxazole rings is 1. The van der Waals surface area contributed by atoms with Gasteiger partial charge in [0.05, 0.1) is 10.6 Å². The van der Waals surface area contributed by atoms with Gasteiger partial charge in [0.1, 0.15) is 5.52 Å². The summed E-state index contributed by atoms with van der Waals surface area (Å²) in [6, 6.07) is 4.82. The van der Waals surface area contributed by atoms with Crippen LogP contribution in [-0.2, 0) is 14.8 Å².